The van der Waals surface area contributed by atoms with Gasteiger partial charge in [0, 0.05) is 43.6 Å². The molecular formula is C21H27N5O2. The summed E-state index contributed by atoms with van der Waals surface area (Å²) in [7, 11) is 0. The average molecular weight is 381 g/mol. The number of aliphatic carboxylic acids is 1. The summed E-state index contributed by atoms with van der Waals surface area (Å²) in [4.78, 5) is 24.4. The average Bonchev–Trinajstić information content (AvgIpc) is 2.75. The zero-order valence-electron chi connectivity index (χ0n) is 16.0. The molecule has 2 fully saturated rings. The normalized spacial score (nSPS) is 18.1. The molecule has 28 heavy (non-hydrogen) atoms. The smallest absolute Gasteiger partial charge is 0.306 e. The lowest BCUT2D eigenvalue weighted by molar-refractivity contribution is -0.142. The van der Waals surface area contributed by atoms with E-state index in [0.29, 0.717) is 25.9 Å². The van der Waals surface area contributed by atoms with Gasteiger partial charge in [-0.05, 0) is 56.4 Å². The summed E-state index contributed by atoms with van der Waals surface area (Å²) in [5, 5.41) is 12.5. The molecule has 1 aromatic heterocycles. The Kier molecular flexibility index (Phi) is 5.60. The van der Waals surface area contributed by atoms with Crippen LogP contribution in [0.15, 0.2) is 36.7 Å². The second-order valence-corrected chi connectivity index (χ2v) is 7.58. The Balaban J connectivity index is 1.39. The van der Waals surface area contributed by atoms with Crippen LogP contribution in [-0.4, -0.2) is 47.2 Å². The van der Waals surface area contributed by atoms with Gasteiger partial charge >= 0.3 is 5.97 Å². The Morgan fingerprint density at radius 2 is 1.68 bits per heavy atom. The summed E-state index contributed by atoms with van der Waals surface area (Å²) in [6.07, 6.45) is 6.74. The number of piperidine rings is 2. The van der Waals surface area contributed by atoms with Crippen LogP contribution >= 0.6 is 0 Å². The van der Waals surface area contributed by atoms with Crippen LogP contribution in [0.2, 0.25) is 0 Å². The van der Waals surface area contributed by atoms with Gasteiger partial charge in [-0.3, -0.25) is 4.79 Å². The maximum absolute atomic E-state index is 11.1. The lowest BCUT2D eigenvalue weighted by atomic mass is 9.97. The monoisotopic (exact) mass is 381 g/mol. The van der Waals surface area contributed by atoms with E-state index in [0.717, 1.165) is 30.4 Å². The predicted molar refractivity (Wildman–Crippen MR) is 110 cm³/mol. The molecule has 2 aliphatic rings. The van der Waals surface area contributed by atoms with Crippen LogP contribution in [0.25, 0.3) is 0 Å². The van der Waals surface area contributed by atoms with E-state index in [1.807, 2.05) is 6.07 Å². The fourth-order valence-corrected chi connectivity index (χ4v) is 4.00. The Hall–Kier alpha value is -2.83. The van der Waals surface area contributed by atoms with Gasteiger partial charge in [0.25, 0.3) is 0 Å². The first-order chi connectivity index (χ1) is 13.7. The van der Waals surface area contributed by atoms with E-state index >= 15 is 0 Å². The summed E-state index contributed by atoms with van der Waals surface area (Å²) >= 11 is 0. The fraction of sp³-hybridized carbons (Fsp3) is 0.476. The summed E-state index contributed by atoms with van der Waals surface area (Å²) in [6.45, 7) is 3.69. The van der Waals surface area contributed by atoms with Gasteiger partial charge in [-0.15, -0.1) is 0 Å². The van der Waals surface area contributed by atoms with E-state index in [1.54, 1.807) is 6.33 Å². The maximum atomic E-state index is 11.1. The largest absolute Gasteiger partial charge is 0.481 e. The third-order valence-electron chi connectivity index (χ3n) is 5.68. The molecule has 7 nitrogen and oxygen atoms in total. The van der Waals surface area contributed by atoms with Crippen molar-refractivity contribution in [2.75, 3.05) is 41.3 Å². The minimum absolute atomic E-state index is 0.242. The highest BCUT2D eigenvalue weighted by atomic mass is 16.4. The molecule has 0 amide bonds. The Morgan fingerprint density at radius 3 is 2.36 bits per heavy atom. The molecule has 0 radical (unpaired) electrons. The second-order valence-electron chi connectivity index (χ2n) is 7.58. The number of benzene rings is 1. The first-order valence-electron chi connectivity index (χ1n) is 10.1. The molecule has 7 heteroatoms. The molecule has 2 saturated heterocycles. The van der Waals surface area contributed by atoms with Crippen LogP contribution in [-0.2, 0) is 4.79 Å². The summed E-state index contributed by atoms with van der Waals surface area (Å²) < 4.78 is 0. The summed E-state index contributed by atoms with van der Waals surface area (Å²) in [5.41, 5.74) is 2.27. The third-order valence-corrected chi connectivity index (χ3v) is 5.68. The van der Waals surface area contributed by atoms with E-state index < -0.39 is 5.97 Å². The third kappa shape index (κ3) is 4.35. The highest BCUT2D eigenvalue weighted by molar-refractivity contribution is 5.70. The molecule has 2 aromatic rings. The Morgan fingerprint density at radius 1 is 0.964 bits per heavy atom. The predicted octanol–water partition coefficient (Wildman–Crippen LogP) is 3.51. The minimum atomic E-state index is -0.697. The number of rotatable bonds is 5. The van der Waals surface area contributed by atoms with Crippen LogP contribution in [0.1, 0.15) is 32.1 Å². The number of aromatic nitrogens is 2. The molecule has 0 unspecified atom stereocenters. The summed E-state index contributed by atoms with van der Waals surface area (Å²) in [5.74, 6) is 0.647. The molecule has 0 bridgehead atoms. The van der Waals surface area contributed by atoms with Crippen molar-refractivity contribution < 1.29 is 9.90 Å². The van der Waals surface area contributed by atoms with Gasteiger partial charge in [0.1, 0.15) is 18.0 Å². The Bertz CT molecular complexity index is 797. The molecule has 148 valence electrons. The van der Waals surface area contributed by atoms with E-state index in [-0.39, 0.29) is 5.92 Å². The second kappa shape index (κ2) is 8.46. The lowest BCUT2D eigenvalue weighted by Crippen LogP contribution is -2.36. The van der Waals surface area contributed by atoms with Gasteiger partial charge in [0.05, 0.1) is 5.92 Å². The van der Waals surface area contributed by atoms with Gasteiger partial charge in [0.2, 0.25) is 0 Å². The van der Waals surface area contributed by atoms with Crippen molar-refractivity contribution in [2.24, 2.45) is 5.92 Å². The van der Waals surface area contributed by atoms with Crippen LogP contribution < -0.4 is 15.1 Å². The van der Waals surface area contributed by atoms with Crippen molar-refractivity contribution in [1.82, 2.24) is 9.97 Å². The van der Waals surface area contributed by atoms with Gasteiger partial charge in [0.15, 0.2) is 0 Å². The van der Waals surface area contributed by atoms with Gasteiger partial charge in [-0.2, -0.15) is 0 Å². The maximum Gasteiger partial charge on any atom is 0.306 e. The highest BCUT2D eigenvalue weighted by Gasteiger charge is 2.25. The first-order valence-corrected chi connectivity index (χ1v) is 10.1. The number of carboxylic acids is 1. The zero-order valence-corrected chi connectivity index (χ0v) is 16.0. The standard InChI is InChI=1S/C21H27N5O2/c27-21(28)16-8-12-26(13-9-16)20-14-19(22-15-23-20)24-17-4-6-18(7-5-17)25-10-2-1-3-11-25/h4-7,14-16H,1-3,8-13H2,(H,27,28)(H,22,23,24). The van der Waals surface area contributed by atoms with Crippen molar-refractivity contribution in [2.45, 2.75) is 32.1 Å². The zero-order chi connectivity index (χ0) is 19.3. The van der Waals surface area contributed by atoms with Crippen LogP contribution in [0, 0.1) is 5.92 Å². The highest BCUT2D eigenvalue weighted by Crippen LogP contribution is 2.26. The first kappa shape index (κ1) is 18.5. The molecule has 2 N–H and O–H groups in total. The van der Waals surface area contributed by atoms with Crippen molar-refractivity contribution in [3.8, 4) is 0 Å². The van der Waals surface area contributed by atoms with Crippen molar-refractivity contribution in [3.63, 3.8) is 0 Å². The molecule has 0 atom stereocenters. The molecule has 0 aliphatic carbocycles. The van der Waals surface area contributed by atoms with E-state index in [1.165, 1.54) is 24.9 Å². The van der Waals surface area contributed by atoms with Crippen LogP contribution in [0.4, 0.5) is 23.0 Å². The number of carboxylic acid groups (broad SMARTS) is 1. The molecule has 0 spiro atoms. The number of hydrogen-bond donors (Lipinski definition) is 2. The number of nitrogens with zero attached hydrogens (tertiary/aromatic N) is 4. The van der Waals surface area contributed by atoms with Gasteiger partial charge < -0.3 is 20.2 Å². The van der Waals surface area contributed by atoms with Crippen LogP contribution in [0.5, 0.6) is 0 Å². The summed E-state index contributed by atoms with van der Waals surface area (Å²) in [6, 6.07) is 10.4. The number of hydrogen-bond acceptors (Lipinski definition) is 6. The molecule has 1 aromatic carbocycles. The lowest BCUT2D eigenvalue weighted by Gasteiger charge is -2.31. The quantitative estimate of drug-likeness (QED) is 0.820. The van der Waals surface area contributed by atoms with Crippen molar-refractivity contribution in [3.05, 3.63) is 36.7 Å². The fourth-order valence-electron chi connectivity index (χ4n) is 4.00. The number of carbonyl (C=O) groups is 1. The molecule has 4 rings (SSSR count). The van der Waals surface area contributed by atoms with Crippen LogP contribution in [0.3, 0.4) is 0 Å². The van der Waals surface area contributed by atoms with E-state index in [4.69, 9.17) is 5.11 Å². The number of anilines is 4. The van der Waals surface area contributed by atoms with Crippen molar-refractivity contribution >= 4 is 29.0 Å². The topological polar surface area (TPSA) is 81.6 Å². The molecule has 0 saturated carbocycles. The molecule has 3 heterocycles. The van der Waals surface area contributed by atoms with Crippen molar-refractivity contribution in [1.29, 1.82) is 0 Å². The minimum Gasteiger partial charge on any atom is -0.481 e. The molecule has 2 aliphatic heterocycles. The Labute approximate surface area is 165 Å². The van der Waals surface area contributed by atoms with Gasteiger partial charge in [-0.25, -0.2) is 9.97 Å². The number of nitrogens with one attached hydrogen (secondary N) is 1. The molecular weight excluding hydrogens is 354 g/mol. The van der Waals surface area contributed by atoms with E-state index in [9.17, 15) is 4.79 Å². The SMILES string of the molecule is O=C(O)C1CCN(c2cc(Nc3ccc(N4CCCCC4)cc3)ncn2)CC1. The van der Waals surface area contributed by atoms with E-state index in [2.05, 4.69) is 49.4 Å². The van der Waals surface area contributed by atoms with Gasteiger partial charge in [-0.1, -0.05) is 0 Å².